The lowest BCUT2D eigenvalue weighted by molar-refractivity contribution is -0.131. The minimum atomic E-state index is -0.866. The van der Waals surface area contributed by atoms with Crippen molar-refractivity contribution in [2.75, 3.05) is 39.3 Å². The standard InChI is InChI=1S/C26H48N10O8/c1-15(35-21(39)13-31-25(43)17(3)33-19(37)11-27)23(41)29-9-7-5-6-8-10-30-24(42)16(2)36-22(40)14-32-26(44)18(4)34-20(38)12-28/h15-18H,5-14,27-28H2,1-4H3,(H,29,41)(H,30,42)(H,31,43)(H,32,44)(H,33,37)(H,34,38)(H,35,39)(H,36,40)/t15-,16-,17-,18-/m0/s1. The minimum Gasteiger partial charge on any atom is -0.354 e. The summed E-state index contributed by atoms with van der Waals surface area (Å²) in [6.45, 7) is 5.42. The summed E-state index contributed by atoms with van der Waals surface area (Å²) >= 11 is 0. The van der Waals surface area contributed by atoms with Gasteiger partial charge in [0.05, 0.1) is 26.2 Å². The van der Waals surface area contributed by atoms with E-state index in [9.17, 15) is 38.4 Å². The first kappa shape index (κ1) is 39.7. The van der Waals surface area contributed by atoms with Gasteiger partial charge in [0.2, 0.25) is 47.3 Å². The number of hydrogen-bond donors (Lipinski definition) is 10. The monoisotopic (exact) mass is 628 g/mol. The summed E-state index contributed by atoms with van der Waals surface area (Å²) in [5.41, 5.74) is 10.3. The zero-order valence-electron chi connectivity index (χ0n) is 25.8. The van der Waals surface area contributed by atoms with Gasteiger partial charge in [-0.2, -0.15) is 0 Å². The Labute approximate surface area is 256 Å². The Morgan fingerprint density at radius 1 is 0.432 bits per heavy atom. The SMILES string of the molecule is C[C@H](NC(=O)CN)C(=O)NCC(=O)N[C@@H](C)C(=O)NCCCCCCNC(=O)[C@H](C)NC(=O)CNC(=O)[C@H](C)NC(=O)CN. The van der Waals surface area contributed by atoms with Gasteiger partial charge in [-0.15, -0.1) is 0 Å². The second-order valence-corrected chi connectivity index (χ2v) is 10.00. The van der Waals surface area contributed by atoms with E-state index in [4.69, 9.17) is 11.5 Å². The zero-order valence-corrected chi connectivity index (χ0v) is 25.8. The summed E-state index contributed by atoms with van der Waals surface area (Å²) < 4.78 is 0. The van der Waals surface area contributed by atoms with Crippen LogP contribution in [0.5, 0.6) is 0 Å². The molecule has 4 atom stereocenters. The summed E-state index contributed by atoms with van der Waals surface area (Å²) in [5.74, 6) is -4.06. The number of nitrogens with one attached hydrogen (secondary N) is 8. The van der Waals surface area contributed by atoms with E-state index in [2.05, 4.69) is 42.5 Å². The van der Waals surface area contributed by atoms with Crippen molar-refractivity contribution in [1.29, 1.82) is 0 Å². The van der Waals surface area contributed by atoms with Gasteiger partial charge in [-0.25, -0.2) is 0 Å². The van der Waals surface area contributed by atoms with Crippen molar-refractivity contribution >= 4 is 47.3 Å². The topological polar surface area (TPSA) is 285 Å². The molecule has 0 saturated carbocycles. The summed E-state index contributed by atoms with van der Waals surface area (Å²) in [6, 6.07) is -3.38. The maximum atomic E-state index is 12.2. The average molecular weight is 629 g/mol. The molecule has 12 N–H and O–H groups in total. The molecule has 0 radical (unpaired) electrons. The van der Waals surface area contributed by atoms with Gasteiger partial charge in [-0.1, -0.05) is 12.8 Å². The van der Waals surface area contributed by atoms with Crippen molar-refractivity contribution in [2.45, 2.75) is 77.5 Å². The first-order valence-corrected chi connectivity index (χ1v) is 14.4. The molecule has 0 rings (SSSR count). The van der Waals surface area contributed by atoms with Crippen molar-refractivity contribution in [1.82, 2.24) is 42.5 Å². The van der Waals surface area contributed by atoms with Gasteiger partial charge in [0.25, 0.3) is 0 Å². The van der Waals surface area contributed by atoms with Crippen LogP contribution in [0.25, 0.3) is 0 Å². The molecule has 0 aromatic carbocycles. The zero-order chi connectivity index (χ0) is 33.7. The average Bonchev–Trinajstić information content (AvgIpc) is 2.98. The third kappa shape index (κ3) is 18.3. The molecule has 44 heavy (non-hydrogen) atoms. The fourth-order valence-corrected chi connectivity index (χ4v) is 3.42. The third-order valence-electron chi connectivity index (χ3n) is 6.00. The van der Waals surface area contributed by atoms with E-state index in [-0.39, 0.29) is 38.0 Å². The summed E-state index contributed by atoms with van der Waals surface area (Å²) in [5, 5.41) is 19.8. The first-order chi connectivity index (χ1) is 20.7. The summed E-state index contributed by atoms with van der Waals surface area (Å²) in [6.07, 6.45) is 2.90. The minimum absolute atomic E-state index is 0.266. The second kappa shape index (κ2) is 22.3. The van der Waals surface area contributed by atoms with Gasteiger partial charge in [0, 0.05) is 13.1 Å². The van der Waals surface area contributed by atoms with Crippen LogP contribution in [0.3, 0.4) is 0 Å². The van der Waals surface area contributed by atoms with Crippen molar-refractivity contribution in [3.63, 3.8) is 0 Å². The molecular weight excluding hydrogens is 580 g/mol. The molecule has 0 heterocycles. The molecule has 0 aliphatic carbocycles. The molecule has 0 aliphatic heterocycles. The van der Waals surface area contributed by atoms with E-state index in [1.165, 1.54) is 27.7 Å². The van der Waals surface area contributed by atoms with Gasteiger partial charge in [-0.3, -0.25) is 38.4 Å². The predicted octanol–water partition coefficient (Wildman–Crippen LogP) is -5.05. The molecule has 18 heteroatoms. The van der Waals surface area contributed by atoms with E-state index in [0.29, 0.717) is 25.9 Å². The van der Waals surface area contributed by atoms with E-state index in [1.807, 2.05) is 0 Å². The molecule has 0 saturated heterocycles. The summed E-state index contributed by atoms with van der Waals surface area (Å²) in [4.78, 5) is 94.6. The fraction of sp³-hybridized carbons (Fsp3) is 0.692. The lowest BCUT2D eigenvalue weighted by Gasteiger charge is -2.16. The molecule has 0 fully saturated rings. The molecule has 250 valence electrons. The summed E-state index contributed by atoms with van der Waals surface area (Å²) in [7, 11) is 0. The van der Waals surface area contributed by atoms with Crippen LogP contribution in [0.2, 0.25) is 0 Å². The Kier molecular flexibility index (Phi) is 20.1. The van der Waals surface area contributed by atoms with Crippen molar-refractivity contribution < 1.29 is 38.4 Å². The Morgan fingerprint density at radius 2 is 0.705 bits per heavy atom. The number of amides is 8. The largest absolute Gasteiger partial charge is 0.354 e. The molecule has 18 nitrogen and oxygen atoms in total. The number of rotatable bonds is 21. The molecule has 0 aromatic heterocycles. The van der Waals surface area contributed by atoms with Crippen LogP contribution in [-0.4, -0.2) is 111 Å². The van der Waals surface area contributed by atoms with Crippen LogP contribution in [0, 0.1) is 0 Å². The third-order valence-corrected chi connectivity index (χ3v) is 6.00. The number of carbonyl (C=O) groups excluding carboxylic acids is 8. The molecule has 0 spiro atoms. The highest BCUT2D eigenvalue weighted by Crippen LogP contribution is 1.98. The number of carbonyl (C=O) groups is 8. The Morgan fingerprint density at radius 3 is 1.00 bits per heavy atom. The number of unbranched alkanes of at least 4 members (excludes halogenated alkanes) is 3. The van der Waals surface area contributed by atoms with Gasteiger partial charge >= 0.3 is 0 Å². The van der Waals surface area contributed by atoms with Crippen molar-refractivity contribution in [2.24, 2.45) is 11.5 Å². The quantitative estimate of drug-likeness (QED) is 0.0540. The van der Waals surface area contributed by atoms with Crippen LogP contribution < -0.4 is 54.0 Å². The van der Waals surface area contributed by atoms with Gasteiger partial charge in [0.15, 0.2) is 0 Å². The molecule has 0 unspecified atom stereocenters. The normalized spacial score (nSPS) is 13.1. The molecular formula is C26H48N10O8. The highest BCUT2D eigenvalue weighted by molar-refractivity contribution is 5.93. The number of nitrogens with two attached hydrogens (primary N) is 2. The van der Waals surface area contributed by atoms with Crippen LogP contribution in [0.1, 0.15) is 53.4 Å². The van der Waals surface area contributed by atoms with E-state index < -0.39 is 59.6 Å². The molecule has 0 aliphatic rings. The molecule has 0 aromatic rings. The van der Waals surface area contributed by atoms with Crippen LogP contribution >= 0.6 is 0 Å². The van der Waals surface area contributed by atoms with Gasteiger partial charge in [-0.05, 0) is 40.5 Å². The lowest BCUT2D eigenvalue weighted by Crippen LogP contribution is -2.51. The van der Waals surface area contributed by atoms with E-state index in [0.717, 1.165) is 12.8 Å². The van der Waals surface area contributed by atoms with Crippen LogP contribution in [0.15, 0.2) is 0 Å². The Balaban J connectivity index is 4.01. The molecule has 0 bridgehead atoms. The Bertz CT molecular complexity index is 931. The maximum Gasteiger partial charge on any atom is 0.242 e. The predicted molar refractivity (Wildman–Crippen MR) is 159 cm³/mol. The molecule has 8 amide bonds. The fourth-order valence-electron chi connectivity index (χ4n) is 3.42. The highest BCUT2D eigenvalue weighted by atomic mass is 16.2. The van der Waals surface area contributed by atoms with Crippen LogP contribution in [-0.2, 0) is 38.4 Å². The lowest BCUT2D eigenvalue weighted by atomic mass is 10.2. The number of hydrogen-bond acceptors (Lipinski definition) is 10. The van der Waals surface area contributed by atoms with E-state index in [1.54, 1.807) is 0 Å². The second-order valence-electron chi connectivity index (χ2n) is 10.00. The van der Waals surface area contributed by atoms with Crippen molar-refractivity contribution in [3.05, 3.63) is 0 Å². The van der Waals surface area contributed by atoms with Crippen molar-refractivity contribution in [3.8, 4) is 0 Å². The smallest absolute Gasteiger partial charge is 0.242 e. The maximum absolute atomic E-state index is 12.2. The van der Waals surface area contributed by atoms with Gasteiger partial charge < -0.3 is 54.0 Å². The van der Waals surface area contributed by atoms with Crippen LogP contribution in [0.4, 0.5) is 0 Å². The van der Waals surface area contributed by atoms with Gasteiger partial charge in [0.1, 0.15) is 24.2 Å². The van der Waals surface area contributed by atoms with E-state index >= 15 is 0 Å². The Hall–Kier alpha value is -4.32. The highest BCUT2D eigenvalue weighted by Gasteiger charge is 2.20. The first-order valence-electron chi connectivity index (χ1n) is 14.4.